The fourth-order valence-electron chi connectivity index (χ4n) is 2.84. The first-order valence-corrected chi connectivity index (χ1v) is 11.3. The van der Waals surface area contributed by atoms with Crippen molar-refractivity contribution >= 4 is 33.3 Å². The van der Waals surface area contributed by atoms with E-state index >= 15 is 0 Å². The monoisotopic (exact) mass is 470 g/mol. The van der Waals surface area contributed by atoms with Crippen LogP contribution in [-0.2, 0) is 10.0 Å². The maximum absolute atomic E-state index is 12.7. The number of nitrogens with zero attached hydrogens (tertiary/aromatic N) is 2. The minimum absolute atomic E-state index is 0.0357. The topological polar surface area (TPSA) is 132 Å². The van der Waals surface area contributed by atoms with Gasteiger partial charge in [-0.2, -0.15) is 5.10 Å². The van der Waals surface area contributed by atoms with Gasteiger partial charge >= 0.3 is 0 Å². The van der Waals surface area contributed by atoms with Gasteiger partial charge in [0.05, 0.1) is 29.8 Å². The average Bonchev–Trinajstić information content (AvgIpc) is 2.80. The number of rotatable bonds is 10. The van der Waals surface area contributed by atoms with Crippen molar-refractivity contribution < 1.29 is 22.8 Å². The van der Waals surface area contributed by atoms with Crippen LogP contribution in [0.25, 0.3) is 0 Å². The van der Waals surface area contributed by atoms with Crippen LogP contribution in [0.1, 0.15) is 12.5 Å². The van der Waals surface area contributed by atoms with Gasteiger partial charge in [-0.15, -0.1) is 0 Å². The van der Waals surface area contributed by atoms with Crippen LogP contribution in [0.4, 0.5) is 17.1 Å². The zero-order chi connectivity index (χ0) is 23.8. The predicted octanol–water partition coefficient (Wildman–Crippen LogP) is 4.25. The third kappa shape index (κ3) is 5.98. The van der Waals surface area contributed by atoms with Gasteiger partial charge < -0.3 is 9.47 Å². The van der Waals surface area contributed by atoms with Crippen LogP contribution in [-0.4, -0.2) is 33.3 Å². The van der Waals surface area contributed by atoms with Crippen LogP contribution in [0.5, 0.6) is 11.5 Å². The number of hydrogen-bond donors (Lipinski definition) is 2. The number of sulfonamides is 1. The maximum Gasteiger partial charge on any atom is 0.295 e. The Balaban J connectivity index is 1.82. The molecule has 0 saturated heterocycles. The second kappa shape index (κ2) is 10.5. The fourth-order valence-corrected chi connectivity index (χ4v) is 3.92. The van der Waals surface area contributed by atoms with E-state index in [0.29, 0.717) is 29.4 Å². The third-order valence-corrected chi connectivity index (χ3v) is 5.80. The van der Waals surface area contributed by atoms with E-state index in [2.05, 4.69) is 15.2 Å². The SMILES string of the molecule is CCOc1ccccc1C=NNc1ccc(S(=O)(=O)Nc2ccc(OC)cc2)cc1[N+](=O)[O-]. The fraction of sp³-hybridized carbons (Fsp3) is 0.136. The Morgan fingerprint density at radius 1 is 1.09 bits per heavy atom. The highest BCUT2D eigenvalue weighted by Crippen LogP contribution is 2.29. The molecule has 0 fully saturated rings. The lowest BCUT2D eigenvalue weighted by Crippen LogP contribution is -2.13. The number of nitro benzene ring substituents is 1. The van der Waals surface area contributed by atoms with Gasteiger partial charge in [0, 0.05) is 17.3 Å². The van der Waals surface area contributed by atoms with Gasteiger partial charge in [0.1, 0.15) is 17.2 Å². The summed E-state index contributed by atoms with van der Waals surface area (Å²) in [4.78, 5) is 10.6. The summed E-state index contributed by atoms with van der Waals surface area (Å²) in [5.74, 6) is 1.18. The van der Waals surface area contributed by atoms with E-state index in [0.717, 1.165) is 6.07 Å². The normalized spacial score (nSPS) is 11.2. The molecule has 0 aliphatic carbocycles. The van der Waals surface area contributed by atoms with Crippen molar-refractivity contribution in [3.8, 4) is 11.5 Å². The summed E-state index contributed by atoms with van der Waals surface area (Å²) in [5, 5.41) is 15.6. The lowest BCUT2D eigenvalue weighted by Gasteiger charge is -2.10. The molecule has 0 amide bonds. The minimum atomic E-state index is -4.06. The highest BCUT2D eigenvalue weighted by molar-refractivity contribution is 7.92. The van der Waals surface area contributed by atoms with E-state index < -0.39 is 20.6 Å². The van der Waals surface area contributed by atoms with Crippen LogP contribution in [0.2, 0.25) is 0 Å². The number of nitrogens with one attached hydrogen (secondary N) is 2. The third-order valence-electron chi connectivity index (χ3n) is 4.43. The van der Waals surface area contributed by atoms with Crippen LogP contribution in [0.3, 0.4) is 0 Å². The lowest BCUT2D eigenvalue weighted by molar-refractivity contribution is -0.384. The first-order chi connectivity index (χ1) is 15.8. The Morgan fingerprint density at radius 3 is 2.48 bits per heavy atom. The van der Waals surface area contributed by atoms with E-state index in [1.807, 2.05) is 19.1 Å². The molecule has 172 valence electrons. The predicted molar refractivity (Wildman–Crippen MR) is 126 cm³/mol. The number of ether oxygens (including phenoxy) is 2. The molecule has 0 radical (unpaired) electrons. The summed E-state index contributed by atoms with van der Waals surface area (Å²) in [5.41, 5.74) is 3.16. The summed E-state index contributed by atoms with van der Waals surface area (Å²) in [6.45, 7) is 2.33. The molecule has 0 atom stereocenters. The molecule has 0 spiro atoms. The number of para-hydroxylation sites is 1. The van der Waals surface area contributed by atoms with E-state index in [1.54, 1.807) is 24.3 Å². The largest absolute Gasteiger partial charge is 0.497 e. The van der Waals surface area contributed by atoms with Crippen molar-refractivity contribution in [3.05, 3.63) is 82.4 Å². The van der Waals surface area contributed by atoms with Gasteiger partial charge in [0.25, 0.3) is 15.7 Å². The molecule has 0 saturated carbocycles. The molecular formula is C22H22N4O6S. The number of hydrogen-bond acceptors (Lipinski definition) is 8. The number of hydrazone groups is 1. The van der Waals surface area contributed by atoms with Crippen molar-refractivity contribution in [2.24, 2.45) is 5.10 Å². The van der Waals surface area contributed by atoms with Crippen LogP contribution in [0, 0.1) is 10.1 Å². The minimum Gasteiger partial charge on any atom is -0.497 e. The summed E-state index contributed by atoms with van der Waals surface area (Å²) in [6, 6.07) is 16.9. The standard InChI is InChI=1S/C22H22N4O6S/c1-3-32-22-7-5-4-6-16(22)15-23-24-20-13-12-19(14-21(20)26(27)28)33(29,30)25-17-8-10-18(31-2)11-9-17/h4-15,24-25H,3H2,1-2H3. The Kier molecular flexibility index (Phi) is 7.46. The molecule has 2 N–H and O–H groups in total. The number of benzene rings is 3. The van der Waals surface area contributed by atoms with Crippen molar-refractivity contribution in [1.29, 1.82) is 0 Å². The van der Waals surface area contributed by atoms with E-state index in [4.69, 9.17) is 9.47 Å². The van der Waals surface area contributed by atoms with Crippen molar-refractivity contribution in [1.82, 2.24) is 0 Å². The van der Waals surface area contributed by atoms with Crippen molar-refractivity contribution in [2.75, 3.05) is 23.9 Å². The zero-order valence-corrected chi connectivity index (χ0v) is 18.7. The summed E-state index contributed by atoms with van der Waals surface area (Å²) in [7, 11) is -2.56. The maximum atomic E-state index is 12.7. The molecule has 3 rings (SSSR count). The van der Waals surface area contributed by atoms with Gasteiger partial charge in [-0.1, -0.05) is 12.1 Å². The quantitative estimate of drug-likeness (QED) is 0.257. The van der Waals surface area contributed by atoms with E-state index in [9.17, 15) is 18.5 Å². The molecule has 3 aromatic rings. The van der Waals surface area contributed by atoms with Crippen LogP contribution in [0.15, 0.2) is 76.7 Å². The molecule has 3 aromatic carbocycles. The zero-order valence-electron chi connectivity index (χ0n) is 17.9. The molecule has 0 aliphatic rings. The van der Waals surface area contributed by atoms with Crippen LogP contribution >= 0.6 is 0 Å². The first-order valence-electron chi connectivity index (χ1n) is 9.80. The van der Waals surface area contributed by atoms with Gasteiger partial charge in [0.15, 0.2) is 0 Å². The number of methoxy groups -OCH3 is 1. The Bertz CT molecular complexity index is 1260. The van der Waals surface area contributed by atoms with Crippen molar-refractivity contribution in [2.45, 2.75) is 11.8 Å². The molecule has 10 nitrogen and oxygen atoms in total. The summed E-state index contributed by atoms with van der Waals surface area (Å²) < 4.78 is 38.4. The number of anilines is 2. The lowest BCUT2D eigenvalue weighted by atomic mass is 10.2. The second-order valence-electron chi connectivity index (χ2n) is 6.61. The molecule has 0 aromatic heterocycles. The number of nitro groups is 1. The summed E-state index contributed by atoms with van der Waals surface area (Å²) >= 11 is 0. The smallest absolute Gasteiger partial charge is 0.295 e. The van der Waals surface area contributed by atoms with E-state index in [-0.39, 0.29) is 10.6 Å². The average molecular weight is 471 g/mol. The highest BCUT2D eigenvalue weighted by atomic mass is 32.2. The van der Waals surface area contributed by atoms with Gasteiger partial charge in [0.2, 0.25) is 0 Å². The summed E-state index contributed by atoms with van der Waals surface area (Å²) in [6.07, 6.45) is 1.46. The Hall–Kier alpha value is -4.12. The Labute approximate surface area is 191 Å². The van der Waals surface area contributed by atoms with E-state index in [1.165, 1.54) is 37.6 Å². The Morgan fingerprint density at radius 2 is 1.82 bits per heavy atom. The molecule has 0 aliphatic heterocycles. The molecule has 0 heterocycles. The van der Waals surface area contributed by atoms with Gasteiger partial charge in [-0.3, -0.25) is 20.3 Å². The molecule has 0 unspecified atom stereocenters. The first kappa shape index (κ1) is 23.5. The molecule has 11 heteroatoms. The molecule has 0 bridgehead atoms. The van der Waals surface area contributed by atoms with Crippen LogP contribution < -0.4 is 19.6 Å². The highest BCUT2D eigenvalue weighted by Gasteiger charge is 2.21. The second-order valence-corrected chi connectivity index (χ2v) is 8.29. The van der Waals surface area contributed by atoms with Gasteiger partial charge in [-0.05, 0) is 55.5 Å². The van der Waals surface area contributed by atoms with Gasteiger partial charge in [-0.25, -0.2) is 8.42 Å². The molecular weight excluding hydrogens is 448 g/mol. The van der Waals surface area contributed by atoms with Crippen molar-refractivity contribution in [3.63, 3.8) is 0 Å². The molecule has 33 heavy (non-hydrogen) atoms.